The SMILES string of the molecule is Cc1nc2ccccc2n1Cc1cc(C(=O)N(C)C[C@H]2CCCCO2)no1. The number of nitrogens with zero attached hydrogens (tertiary/aromatic N) is 4. The number of benzene rings is 1. The van der Waals surface area contributed by atoms with Gasteiger partial charge in [0.2, 0.25) is 0 Å². The van der Waals surface area contributed by atoms with E-state index in [1.54, 1.807) is 18.0 Å². The lowest BCUT2D eigenvalue weighted by molar-refractivity contribution is -0.000359. The summed E-state index contributed by atoms with van der Waals surface area (Å²) in [6.45, 7) is 3.80. The van der Waals surface area contributed by atoms with Crippen molar-refractivity contribution in [2.24, 2.45) is 0 Å². The minimum absolute atomic E-state index is 0.110. The molecule has 7 nitrogen and oxygen atoms in total. The Bertz CT molecular complexity index is 940. The van der Waals surface area contributed by atoms with Crippen molar-refractivity contribution in [1.29, 1.82) is 0 Å². The molecule has 142 valence electrons. The third-order valence-electron chi connectivity index (χ3n) is 5.04. The van der Waals surface area contributed by atoms with Gasteiger partial charge >= 0.3 is 0 Å². The zero-order valence-corrected chi connectivity index (χ0v) is 15.7. The second-order valence-corrected chi connectivity index (χ2v) is 7.09. The zero-order chi connectivity index (χ0) is 18.8. The van der Waals surface area contributed by atoms with Crippen LogP contribution in [0.25, 0.3) is 11.0 Å². The average molecular weight is 368 g/mol. The van der Waals surface area contributed by atoms with Crippen LogP contribution in [0.5, 0.6) is 0 Å². The second-order valence-electron chi connectivity index (χ2n) is 7.09. The Kier molecular flexibility index (Phi) is 4.94. The molecule has 3 aromatic rings. The van der Waals surface area contributed by atoms with E-state index in [4.69, 9.17) is 9.26 Å². The smallest absolute Gasteiger partial charge is 0.275 e. The highest BCUT2D eigenvalue weighted by molar-refractivity contribution is 5.92. The number of amides is 1. The number of rotatable bonds is 5. The van der Waals surface area contributed by atoms with E-state index in [1.165, 1.54) is 0 Å². The van der Waals surface area contributed by atoms with Crippen LogP contribution < -0.4 is 0 Å². The molecule has 1 aromatic carbocycles. The predicted octanol–water partition coefficient (Wildman–Crippen LogP) is 3.02. The maximum Gasteiger partial charge on any atom is 0.275 e. The summed E-state index contributed by atoms with van der Waals surface area (Å²) in [4.78, 5) is 18.9. The van der Waals surface area contributed by atoms with Crippen molar-refractivity contribution >= 4 is 16.9 Å². The number of aryl methyl sites for hydroxylation is 1. The molecule has 0 spiro atoms. The molecule has 3 heterocycles. The fraction of sp³-hybridized carbons (Fsp3) is 0.450. The van der Waals surface area contributed by atoms with Crippen LogP contribution in [0.3, 0.4) is 0 Å². The van der Waals surface area contributed by atoms with E-state index < -0.39 is 0 Å². The van der Waals surface area contributed by atoms with Crippen LogP contribution in [0.4, 0.5) is 0 Å². The molecule has 0 bridgehead atoms. The van der Waals surface area contributed by atoms with Gasteiger partial charge in [0.25, 0.3) is 5.91 Å². The summed E-state index contributed by atoms with van der Waals surface area (Å²) in [5.74, 6) is 1.38. The number of carbonyl (C=O) groups excluding carboxylic acids is 1. The quantitative estimate of drug-likeness (QED) is 0.692. The highest BCUT2D eigenvalue weighted by Gasteiger charge is 2.22. The first-order valence-corrected chi connectivity index (χ1v) is 9.36. The van der Waals surface area contributed by atoms with Crippen LogP contribution in [0, 0.1) is 6.92 Å². The molecule has 2 aromatic heterocycles. The van der Waals surface area contributed by atoms with Crippen LogP contribution in [-0.2, 0) is 11.3 Å². The molecule has 1 fully saturated rings. The van der Waals surface area contributed by atoms with Gasteiger partial charge in [0.1, 0.15) is 5.82 Å². The van der Waals surface area contributed by atoms with E-state index in [1.807, 2.05) is 31.2 Å². The topological polar surface area (TPSA) is 73.4 Å². The summed E-state index contributed by atoms with van der Waals surface area (Å²) >= 11 is 0. The molecule has 0 saturated carbocycles. The minimum atomic E-state index is -0.147. The van der Waals surface area contributed by atoms with Crippen LogP contribution >= 0.6 is 0 Å². The molecular formula is C20H24N4O3. The number of likely N-dealkylation sites (N-methyl/N-ethyl adjacent to an activating group) is 1. The van der Waals surface area contributed by atoms with E-state index >= 15 is 0 Å². The van der Waals surface area contributed by atoms with Crippen molar-refractivity contribution < 1.29 is 14.1 Å². The fourth-order valence-electron chi connectivity index (χ4n) is 3.57. The second kappa shape index (κ2) is 7.52. The standard InChI is InChI=1S/C20H24N4O3/c1-14-21-17-8-3-4-9-19(17)24(14)13-16-11-18(22-27-16)20(25)23(2)12-15-7-5-6-10-26-15/h3-4,8-9,11,15H,5-7,10,12-13H2,1-2H3/t15-/m1/s1. The van der Waals surface area contributed by atoms with Gasteiger partial charge in [0.05, 0.1) is 23.7 Å². The molecule has 0 aliphatic carbocycles. The lowest BCUT2D eigenvalue weighted by Crippen LogP contribution is -2.37. The third-order valence-corrected chi connectivity index (χ3v) is 5.04. The van der Waals surface area contributed by atoms with Gasteiger partial charge in [-0.1, -0.05) is 17.3 Å². The molecule has 1 amide bonds. The van der Waals surface area contributed by atoms with Crippen LogP contribution in [0.2, 0.25) is 0 Å². The van der Waals surface area contributed by atoms with Crippen molar-refractivity contribution in [2.75, 3.05) is 20.2 Å². The Labute approximate surface area is 157 Å². The number of aromatic nitrogens is 3. The molecule has 7 heteroatoms. The molecule has 1 atom stereocenters. The normalized spacial score (nSPS) is 17.3. The van der Waals surface area contributed by atoms with Crippen molar-refractivity contribution in [1.82, 2.24) is 19.6 Å². The number of ether oxygens (including phenoxy) is 1. The highest BCUT2D eigenvalue weighted by Crippen LogP contribution is 2.19. The van der Waals surface area contributed by atoms with Gasteiger partial charge in [-0.25, -0.2) is 4.98 Å². The van der Waals surface area contributed by atoms with Gasteiger partial charge in [0, 0.05) is 26.3 Å². The summed E-state index contributed by atoms with van der Waals surface area (Å²) in [6, 6.07) is 9.68. The first-order chi connectivity index (χ1) is 13.1. The van der Waals surface area contributed by atoms with Gasteiger partial charge in [-0.2, -0.15) is 0 Å². The van der Waals surface area contributed by atoms with Gasteiger partial charge in [-0.15, -0.1) is 0 Å². The minimum Gasteiger partial charge on any atom is -0.376 e. The van der Waals surface area contributed by atoms with Crippen LogP contribution in [0.1, 0.15) is 41.3 Å². The molecule has 0 unspecified atom stereocenters. The van der Waals surface area contributed by atoms with Gasteiger partial charge in [-0.3, -0.25) is 4.79 Å². The van der Waals surface area contributed by atoms with Gasteiger partial charge in [-0.05, 0) is 38.3 Å². The lowest BCUT2D eigenvalue weighted by Gasteiger charge is -2.26. The molecule has 0 radical (unpaired) electrons. The third kappa shape index (κ3) is 3.73. The number of para-hydroxylation sites is 2. The molecule has 27 heavy (non-hydrogen) atoms. The van der Waals surface area contributed by atoms with Crippen molar-refractivity contribution in [3.05, 3.63) is 47.6 Å². The Morgan fingerprint density at radius 1 is 1.33 bits per heavy atom. The number of carbonyl (C=O) groups is 1. The zero-order valence-electron chi connectivity index (χ0n) is 15.7. The summed E-state index contributed by atoms with van der Waals surface area (Å²) < 4.78 is 13.2. The number of fused-ring (bicyclic) bond motifs is 1. The molecule has 1 saturated heterocycles. The van der Waals surface area contributed by atoms with Gasteiger partial charge in [0.15, 0.2) is 11.5 Å². The summed E-state index contributed by atoms with van der Waals surface area (Å²) in [5, 5.41) is 3.98. The Balaban J connectivity index is 1.46. The Morgan fingerprint density at radius 3 is 3.00 bits per heavy atom. The van der Waals surface area contributed by atoms with Gasteiger partial charge < -0.3 is 18.7 Å². The summed E-state index contributed by atoms with van der Waals surface area (Å²) in [7, 11) is 1.78. The largest absolute Gasteiger partial charge is 0.376 e. The number of imidazole rings is 1. The first kappa shape index (κ1) is 17.7. The monoisotopic (exact) mass is 368 g/mol. The van der Waals surface area contributed by atoms with Crippen molar-refractivity contribution in [2.45, 2.75) is 38.8 Å². The van der Waals surface area contributed by atoms with E-state index in [-0.39, 0.29) is 12.0 Å². The first-order valence-electron chi connectivity index (χ1n) is 9.36. The molecule has 1 aliphatic heterocycles. The Hall–Kier alpha value is -2.67. The molecule has 4 rings (SSSR count). The maximum atomic E-state index is 12.6. The van der Waals surface area contributed by atoms with Crippen LogP contribution in [-0.4, -0.2) is 51.8 Å². The van der Waals surface area contributed by atoms with E-state index in [0.717, 1.165) is 42.7 Å². The highest BCUT2D eigenvalue weighted by atomic mass is 16.5. The van der Waals surface area contributed by atoms with E-state index in [0.29, 0.717) is 24.5 Å². The van der Waals surface area contributed by atoms with Crippen molar-refractivity contribution in [3.63, 3.8) is 0 Å². The number of hydrogen-bond acceptors (Lipinski definition) is 5. The molecule has 1 aliphatic rings. The average Bonchev–Trinajstić information content (AvgIpc) is 3.27. The fourth-order valence-corrected chi connectivity index (χ4v) is 3.57. The molecular weight excluding hydrogens is 344 g/mol. The predicted molar refractivity (Wildman–Crippen MR) is 101 cm³/mol. The van der Waals surface area contributed by atoms with E-state index in [2.05, 4.69) is 14.7 Å². The Morgan fingerprint density at radius 2 is 2.19 bits per heavy atom. The molecule has 0 N–H and O–H groups in total. The van der Waals surface area contributed by atoms with E-state index in [9.17, 15) is 4.79 Å². The summed E-state index contributed by atoms with van der Waals surface area (Å²) in [6.07, 6.45) is 3.36. The summed E-state index contributed by atoms with van der Waals surface area (Å²) in [5.41, 5.74) is 2.30. The lowest BCUT2D eigenvalue weighted by atomic mass is 10.1. The maximum absolute atomic E-state index is 12.6. The van der Waals surface area contributed by atoms with Crippen LogP contribution in [0.15, 0.2) is 34.9 Å². The number of hydrogen-bond donors (Lipinski definition) is 0. The van der Waals surface area contributed by atoms with Crippen molar-refractivity contribution in [3.8, 4) is 0 Å².